The molecule has 0 aliphatic heterocycles. The van der Waals surface area contributed by atoms with Gasteiger partial charge in [0.1, 0.15) is 0 Å². The number of aliphatic hydroxyl groups is 1. The third kappa shape index (κ3) is 1.65. The van der Waals surface area contributed by atoms with Gasteiger partial charge in [-0.05, 0) is 31.1 Å². The van der Waals surface area contributed by atoms with Crippen molar-refractivity contribution in [2.45, 2.75) is 50.0 Å². The van der Waals surface area contributed by atoms with Crippen molar-refractivity contribution in [2.75, 3.05) is 6.61 Å². The van der Waals surface area contributed by atoms with Crippen LogP contribution in [0.2, 0.25) is 0 Å². The maximum atomic E-state index is 12.9. The van der Waals surface area contributed by atoms with Crippen molar-refractivity contribution in [1.29, 1.82) is 0 Å². The molecule has 14 heavy (non-hydrogen) atoms. The van der Waals surface area contributed by atoms with E-state index in [0.29, 0.717) is 25.7 Å². The molecule has 2 aliphatic carbocycles. The van der Waals surface area contributed by atoms with E-state index < -0.39 is 11.5 Å². The van der Waals surface area contributed by atoms with E-state index in [1.165, 1.54) is 0 Å². The summed E-state index contributed by atoms with van der Waals surface area (Å²) in [7, 11) is 0. The Morgan fingerprint density at radius 1 is 1.07 bits per heavy atom. The predicted octanol–water partition coefficient (Wildman–Crippen LogP) is 1.67. The van der Waals surface area contributed by atoms with Gasteiger partial charge in [0.2, 0.25) is 5.92 Å². The van der Waals surface area contributed by atoms with Crippen molar-refractivity contribution in [3.05, 3.63) is 0 Å². The first-order valence-corrected chi connectivity index (χ1v) is 5.16. The van der Waals surface area contributed by atoms with Crippen LogP contribution in [0.25, 0.3) is 0 Å². The molecule has 0 saturated heterocycles. The summed E-state index contributed by atoms with van der Waals surface area (Å²) in [5.41, 5.74) is 5.39. The van der Waals surface area contributed by atoms with Crippen LogP contribution in [0.1, 0.15) is 38.5 Å². The molecule has 2 fully saturated rings. The topological polar surface area (TPSA) is 46.2 Å². The smallest absolute Gasteiger partial charge is 0.248 e. The number of rotatable bonds is 1. The molecule has 0 radical (unpaired) electrons. The molecule has 0 unspecified atom stereocenters. The van der Waals surface area contributed by atoms with Crippen molar-refractivity contribution >= 4 is 0 Å². The third-order valence-electron chi connectivity index (χ3n) is 3.81. The molecule has 0 aromatic carbocycles. The first-order chi connectivity index (χ1) is 6.39. The summed E-state index contributed by atoms with van der Waals surface area (Å²) in [6, 6.07) is 0. The van der Waals surface area contributed by atoms with Gasteiger partial charge in [-0.25, -0.2) is 8.78 Å². The van der Waals surface area contributed by atoms with E-state index >= 15 is 0 Å². The minimum absolute atomic E-state index is 0.00545. The van der Waals surface area contributed by atoms with Crippen LogP contribution in [0, 0.1) is 5.41 Å². The zero-order valence-corrected chi connectivity index (χ0v) is 8.23. The lowest BCUT2D eigenvalue weighted by Crippen LogP contribution is -2.61. The lowest BCUT2D eigenvalue weighted by molar-refractivity contribution is -0.115. The fraction of sp³-hybridized carbons (Fsp3) is 1.00. The quantitative estimate of drug-likeness (QED) is 0.684. The minimum Gasteiger partial charge on any atom is -0.394 e. The molecule has 2 rings (SSSR count). The maximum absolute atomic E-state index is 12.9. The van der Waals surface area contributed by atoms with Crippen molar-refractivity contribution in [3.8, 4) is 0 Å². The molecule has 0 atom stereocenters. The lowest BCUT2D eigenvalue weighted by Gasteiger charge is -2.56. The minimum atomic E-state index is -2.46. The van der Waals surface area contributed by atoms with Gasteiger partial charge in [-0.2, -0.15) is 0 Å². The molecule has 82 valence electrons. The Morgan fingerprint density at radius 2 is 1.57 bits per heavy atom. The van der Waals surface area contributed by atoms with Crippen LogP contribution in [0.4, 0.5) is 8.78 Å². The Morgan fingerprint density at radius 3 is 2.00 bits per heavy atom. The van der Waals surface area contributed by atoms with E-state index in [9.17, 15) is 8.78 Å². The van der Waals surface area contributed by atoms with Crippen molar-refractivity contribution in [1.82, 2.24) is 0 Å². The first kappa shape index (κ1) is 10.3. The molecule has 0 bridgehead atoms. The molecule has 2 aliphatic rings. The predicted molar refractivity (Wildman–Crippen MR) is 49.1 cm³/mol. The van der Waals surface area contributed by atoms with E-state index in [1.807, 2.05) is 0 Å². The number of hydrogen-bond donors (Lipinski definition) is 2. The molecule has 0 aromatic rings. The highest BCUT2D eigenvalue weighted by molar-refractivity contribution is 5.08. The van der Waals surface area contributed by atoms with E-state index in [4.69, 9.17) is 10.8 Å². The van der Waals surface area contributed by atoms with Gasteiger partial charge in [-0.3, -0.25) is 0 Å². The standard InChI is InChI=1S/C10H17F2NO/c11-10(12)3-1-8(2-4-10)5-9(13,6-8)7-14/h14H,1-7,13H2. The second-order valence-electron chi connectivity index (χ2n) is 5.23. The van der Waals surface area contributed by atoms with E-state index in [1.54, 1.807) is 0 Å². The lowest BCUT2D eigenvalue weighted by atomic mass is 9.52. The van der Waals surface area contributed by atoms with Crippen LogP contribution in [-0.2, 0) is 0 Å². The SMILES string of the molecule is NC1(CO)CC2(CCC(F)(F)CC2)C1. The van der Waals surface area contributed by atoms with Gasteiger partial charge in [0.05, 0.1) is 6.61 Å². The second-order valence-corrected chi connectivity index (χ2v) is 5.23. The number of nitrogens with two attached hydrogens (primary N) is 1. The molecular weight excluding hydrogens is 188 g/mol. The summed E-state index contributed by atoms with van der Waals surface area (Å²) in [6.45, 7) is -0.0227. The fourth-order valence-corrected chi connectivity index (χ4v) is 3.05. The first-order valence-electron chi connectivity index (χ1n) is 5.16. The van der Waals surface area contributed by atoms with Crippen LogP contribution >= 0.6 is 0 Å². The summed E-state index contributed by atoms with van der Waals surface area (Å²) in [4.78, 5) is 0. The van der Waals surface area contributed by atoms with Crippen molar-refractivity contribution < 1.29 is 13.9 Å². The molecule has 1 spiro atoms. The van der Waals surface area contributed by atoms with Crippen LogP contribution in [-0.4, -0.2) is 23.2 Å². The normalized spacial score (nSPS) is 32.6. The average Bonchev–Trinajstić information content (AvgIpc) is 2.07. The molecule has 4 heteroatoms. The van der Waals surface area contributed by atoms with E-state index in [2.05, 4.69) is 0 Å². The summed E-state index contributed by atoms with van der Waals surface area (Å²) in [6.07, 6.45) is 2.56. The van der Waals surface area contributed by atoms with E-state index in [-0.39, 0.29) is 24.9 Å². The molecular formula is C10H17F2NO. The van der Waals surface area contributed by atoms with Gasteiger partial charge >= 0.3 is 0 Å². The largest absolute Gasteiger partial charge is 0.394 e. The molecule has 2 saturated carbocycles. The number of halogens is 2. The van der Waals surface area contributed by atoms with Crippen LogP contribution in [0.3, 0.4) is 0 Å². The Balaban J connectivity index is 1.92. The van der Waals surface area contributed by atoms with Gasteiger partial charge in [0.25, 0.3) is 0 Å². The van der Waals surface area contributed by atoms with Crippen molar-refractivity contribution in [2.24, 2.45) is 11.1 Å². The number of alkyl halides is 2. The Labute approximate surface area is 82.5 Å². The van der Waals surface area contributed by atoms with Crippen LogP contribution < -0.4 is 5.73 Å². The Kier molecular flexibility index (Phi) is 2.13. The monoisotopic (exact) mass is 205 g/mol. The van der Waals surface area contributed by atoms with E-state index in [0.717, 1.165) is 0 Å². The summed E-state index contributed by atoms with van der Waals surface area (Å²) < 4.78 is 25.8. The van der Waals surface area contributed by atoms with Crippen molar-refractivity contribution in [3.63, 3.8) is 0 Å². The fourth-order valence-electron chi connectivity index (χ4n) is 3.05. The van der Waals surface area contributed by atoms with Gasteiger partial charge in [0, 0.05) is 18.4 Å². The molecule has 0 heterocycles. The van der Waals surface area contributed by atoms with Gasteiger partial charge in [-0.15, -0.1) is 0 Å². The van der Waals surface area contributed by atoms with Crippen LogP contribution in [0.5, 0.6) is 0 Å². The zero-order chi connectivity index (χ0) is 10.4. The average molecular weight is 205 g/mol. The maximum Gasteiger partial charge on any atom is 0.248 e. The Bertz CT molecular complexity index is 224. The highest BCUT2D eigenvalue weighted by Gasteiger charge is 2.55. The second kappa shape index (κ2) is 2.89. The van der Waals surface area contributed by atoms with Crippen LogP contribution in [0.15, 0.2) is 0 Å². The summed E-state index contributed by atoms with van der Waals surface area (Å²) in [5, 5.41) is 8.99. The van der Waals surface area contributed by atoms with Gasteiger partial charge < -0.3 is 10.8 Å². The number of hydrogen-bond acceptors (Lipinski definition) is 2. The zero-order valence-electron chi connectivity index (χ0n) is 8.23. The highest BCUT2D eigenvalue weighted by atomic mass is 19.3. The molecule has 0 amide bonds. The third-order valence-corrected chi connectivity index (χ3v) is 3.81. The van der Waals surface area contributed by atoms with Gasteiger partial charge in [0.15, 0.2) is 0 Å². The molecule has 2 nitrogen and oxygen atoms in total. The summed E-state index contributed by atoms with van der Waals surface area (Å²) >= 11 is 0. The Hall–Kier alpha value is -0.220. The summed E-state index contributed by atoms with van der Waals surface area (Å²) in [5.74, 6) is -2.46. The molecule has 0 aromatic heterocycles. The molecule has 3 N–H and O–H groups in total. The number of aliphatic hydroxyl groups excluding tert-OH is 1. The van der Waals surface area contributed by atoms with Gasteiger partial charge in [-0.1, -0.05) is 0 Å². The highest BCUT2D eigenvalue weighted by Crippen LogP contribution is 2.57.